The van der Waals surface area contributed by atoms with E-state index < -0.39 is 24.1 Å². The second-order valence-electron chi connectivity index (χ2n) is 3.23. The van der Waals surface area contributed by atoms with Gasteiger partial charge in [0.25, 0.3) is 0 Å². The van der Waals surface area contributed by atoms with Gasteiger partial charge in [-0.05, 0) is 12.8 Å². The molecule has 0 heterocycles. The van der Waals surface area contributed by atoms with Crippen LogP contribution < -0.4 is 21.7 Å². The number of rotatable bonds is 5. The lowest BCUT2D eigenvalue weighted by Gasteiger charge is -2.18. The number of aliphatic hydroxyl groups excluding tert-OH is 2. The zero-order valence-corrected chi connectivity index (χ0v) is 10.9. The predicted octanol–water partition coefficient (Wildman–Crippen LogP) is -5.52. The van der Waals surface area contributed by atoms with Crippen LogP contribution in [0.1, 0.15) is 26.7 Å². The molecule has 0 aromatic carbocycles. The predicted molar refractivity (Wildman–Crippen MR) is 58.1 cm³/mol. The van der Waals surface area contributed by atoms with Crippen molar-refractivity contribution in [3.8, 4) is 0 Å². The van der Waals surface area contributed by atoms with E-state index in [9.17, 15) is 19.8 Å². The maximum absolute atomic E-state index is 9.63. The fourth-order valence-corrected chi connectivity index (χ4v) is 0.258. The molecular weight excluding hydrogens is 244 g/mol. The first-order chi connectivity index (χ1) is 8.29. The first kappa shape index (κ1) is 22.0. The molecule has 18 heavy (non-hydrogen) atoms. The molecule has 0 spiro atoms. The van der Waals surface area contributed by atoms with Crippen LogP contribution in [0, 0.1) is 0 Å². The number of quaternary nitrogens is 2. The standard InChI is InChI=1S/C4H6O6.2C3H9N/c5-1(3(7)8)2(6)4(9)10;2*1-2-3-4/h1-2,5-6H,(H,7,8)(H,9,10);2*2-4H2,1H3. The topological polar surface area (TPSA) is 176 Å². The van der Waals surface area contributed by atoms with Crippen molar-refractivity contribution in [3.63, 3.8) is 0 Å². The summed E-state index contributed by atoms with van der Waals surface area (Å²) >= 11 is 0. The molecule has 0 bridgehead atoms. The molecule has 0 saturated carbocycles. The monoisotopic (exact) mass is 268 g/mol. The van der Waals surface area contributed by atoms with Crippen LogP contribution in [0.4, 0.5) is 0 Å². The highest BCUT2D eigenvalue weighted by Crippen LogP contribution is 1.88. The van der Waals surface area contributed by atoms with Gasteiger partial charge in [0.05, 0.1) is 25.0 Å². The van der Waals surface area contributed by atoms with Gasteiger partial charge in [-0.25, -0.2) is 0 Å². The van der Waals surface area contributed by atoms with Crippen LogP contribution in [0.5, 0.6) is 0 Å². The quantitative estimate of drug-likeness (QED) is 0.386. The van der Waals surface area contributed by atoms with Crippen LogP contribution in [0.2, 0.25) is 0 Å². The molecule has 0 fully saturated rings. The maximum Gasteiger partial charge on any atom is 0.124 e. The van der Waals surface area contributed by atoms with Crippen molar-refractivity contribution < 1.29 is 41.5 Å². The lowest BCUT2D eigenvalue weighted by atomic mass is 10.2. The molecule has 0 aliphatic carbocycles. The summed E-state index contributed by atoms with van der Waals surface area (Å²) in [5, 5.41) is 35.7. The van der Waals surface area contributed by atoms with Crippen LogP contribution in [0.3, 0.4) is 0 Å². The number of carboxylic acids is 2. The summed E-state index contributed by atoms with van der Waals surface area (Å²) in [5.41, 5.74) is 7.21. The van der Waals surface area contributed by atoms with E-state index in [1.54, 1.807) is 0 Å². The van der Waals surface area contributed by atoms with Crippen LogP contribution in [0.25, 0.3) is 0 Å². The molecule has 0 aliphatic rings. The number of aliphatic carboxylic acids is 2. The van der Waals surface area contributed by atoms with E-state index in [0.717, 1.165) is 13.1 Å². The van der Waals surface area contributed by atoms with Crippen LogP contribution in [-0.2, 0) is 9.59 Å². The summed E-state index contributed by atoms with van der Waals surface area (Å²) in [4.78, 5) is 19.3. The molecule has 0 rings (SSSR count). The molecule has 2 unspecified atom stereocenters. The lowest BCUT2D eigenvalue weighted by molar-refractivity contribution is -0.367. The molecular formula is C10H24N2O6. The Kier molecular flexibility index (Phi) is 19.3. The maximum atomic E-state index is 9.63. The third-order valence-electron chi connectivity index (χ3n) is 1.49. The van der Waals surface area contributed by atoms with Gasteiger partial charge in [0.1, 0.15) is 12.2 Å². The number of hydrogen-bond acceptors (Lipinski definition) is 6. The van der Waals surface area contributed by atoms with Crippen molar-refractivity contribution >= 4 is 11.9 Å². The van der Waals surface area contributed by atoms with Crippen LogP contribution >= 0.6 is 0 Å². The van der Waals surface area contributed by atoms with Crippen LogP contribution in [-0.4, -0.2) is 47.4 Å². The zero-order valence-electron chi connectivity index (χ0n) is 10.9. The Morgan fingerprint density at radius 2 is 1.11 bits per heavy atom. The summed E-state index contributed by atoms with van der Waals surface area (Å²) in [6.45, 7) is 6.38. The number of carbonyl (C=O) groups excluding carboxylic acids is 2. The van der Waals surface area contributed by atoms with E-state index in [0.29, 0.717) is 0 Å². The minimum Gasteiger partial charge on any atom is -0.547 e. The number of aliphatic hydroxyl groups is 2. The molecule has 8 N–H and O–H groups in total. The van der Waals surface area contributed by atoms with Gasteiger partial charge >= 0.3 is 0 Å². The first-order valence-electron chi connectivity index (χ1n) is 5.66. The molecule has 8 nitrogen and oxygen atoms in total. The third-order valence-corrected chi connectivity index (χ3v) is 1.49. The Morgan fingerprint density at radius 3 is 1.17 bits per heavy atom. The van der Waals surface area contributed by atoms with Gasteiger partial charge in [0.2, 0.25) is 0 Å². The smallest absolute Gasteiger partial charge is 0.124 e. The minimum absolute atomic E-state index is 1.07. The van der Waals surface area contributed by atoms with E-state index in [-0.39, 0.29) is 0 Å². The molecule has 0 aliphatic heterocycles. The average molecular weight is 268 g/mol. The highest BCUT2D eigenvalue weighted by molar-refractivity contribution is 5.80. The SMILES string of the molecule is CCC[NH3+].CCC[NH3+].O=C([O-])C(O)C(O)C(=O)[O-]. The molecule has 110 valence electrons. The fourth-order valence-electron chi connectivity index (χ4n) is 0.258. The Labute approximate surface area is 106 Å². The van der Waals surface area contributed by atoms with Crippen molar-refractivity contribution in [2.45, 2.75) is 38.9 Å². The van der Waals surface area contributed by atoms with Crippen molar-refractivity contribution in [1.82, 2.24) is 0 Å². The number of carboxylic acid groups (broad SMARTS) is 2. The summed E-state index contributed by atoms with van der Waals surface area (Å²) in [7, 11) is 0. The Hall–Kier alpha value is -1.22. The normalized spacial score (nSPS) is 12.1. The van der Waals surface area contributed by atoms with Crippen molar-refractivity contribution in [2.24, 2.45) is 0 Å². The largest absolute Gasteiger partial charge is 0.547 e. The molecule has 0 aromatic rings. The minimum atomic E-state index is -2.44. The number of carbonyl (C=O) groups is 2. The van der Waals surface area contributed by atoms with E-state index in [4.69, 9.17) is 10.2 Å². The van der Waals surface area contributed by atoms with Gasteiger partial charge in [-0.2, -0.15) is 0 Å². The third kappa shape index (κ3) is 17.2. The average Bonchev–Trinajstić information content (AvgIpc) is 2.37. The fraction of sp³-hybridized carbons (Fsp3) is 0.800. The summed E-state index contributed by atoms with van der Waals surface area (Å²) in [6, 6.07) is 0. The molecule has 0 saturated heterocycles. The van der Waals surface area contributed by atoms with Gasteiger partial charge in [-0.1, -0.05) is 13.8 Å². The molecule has 0 radical (unpaired) electrons. The summed E-state index contributed by atoms with van der Waals surface area (Å²) < 4.78 is 0. The summed E-state index contributed by atoms with van der Waals surface area (Å²) in [6.07, 6.45) is -2.46. The molecule has 8 heteroatoms. The summed E-state index contributed by atoms with van der Waals surface area (Å²) in [5.74, 6) is -4.12. The second kappa shape index (κ2) is 15.8. The van der Waals surface area contributed by atoms with E-state index in [2.05, 4.69) is 25.3 Å². The Morgan fingerprint density at radius 1 is 0.944 bits per heavy atom. The van der Waals surface area contributed by atoms with E-state index >= 15 is 0 Å². The van der Waals surface area contributed by atoms with Crippen LogP contribution in [0.15, 0.2) is 0 Å². The lowest BCUT2D eigenvalue weighted by Crippen LogP contribution is -2.51. The highest BCUT2D eigenvalue weighted by atomic mass is 16.4. The van der Waals surface area contributed by atoms with Crippen molar-refractivity contribution in [3.05, 3.63) is 0 Å². The second-order valence-corrected chi connectivity index (χ2v) is 3.23. The van der Waals surface area contributed by atoms with Gasteiger partial charge in [0, 0.05) is 0 Å². The van der Waals surface area contributed by atoms with Gasteiger partial charge < -0.3 is 41.5 Å². The zero-order chi connectivity index (χ0) is 15.1. The Balaban J connectivity index is -0.000000233. The van der Waals surface area contributed by atoms with Gasteiger partial charge in [-0.15, -0.1) is 0 Å². The van der Waals surface area contributed by atoms with Crippen molar-refractivity contribution in [2.75, 3.05) is 13.1 Å². The van der Waals surface area contributed by atoms with Gasteiger partial charge in [0.15, 0.2) is 0 Å². The first-order valence-corrected chi connectivity index (χ1v) is 5.66. The van der Waals surface area contributed by atoms with Crippen molar-refractivity contribution in [1.29, 1.82) is 0 Å². The molecule has 2 atom stereocenters. The van der Waals surface area contributed by atoms with Gasteiger partial charge in [-0.3, -0.25) is 0 Å². The highest BCUT2D eigenvalue weighted by Gasteiger charge is 2.17. The molecule has 0 amide bonds. The Bertz CT molecular complexity index is 187. The number of hydrogen-bond donors (Lipinski definition) is 4. The van der Waals surface area contributed by atoms with E-state index in [1.165, 1.54) is 12.8 Å². The molecule has 0 aromatic heterocycles. The van der Waals surface area contributed by atoms with E-state index in [1.807, 2.05) is 0 Å².